The lowest BCUT2D eigenvalue weighted by Gasteiger charge is -2.33. The quantitative estimate of drug-likeness (QED) is 0.890. The average molecular weight is 271 g/mol. The van der Waals surface area contributed by atoms with Crippen molar-refractivity contribution in [3.63, 3.8) is 0 Å². The first-order chi connectivity index (χ1) is 8.66. The maximum Gasteiger partial charge on any atom is 0.202 e. The molecule has 1 N–H and O–H groups in total. The summed E-state index contributed by atoms with van der Waals surface area (Å²) in [4.78, 5) is 4.56. The number of nitrogens with one attached hydrogen (secondary N) is 1. The van der Waals surface area contributed by atoms with Crippen LogP contribution in [0.15, 0.2) is 0 Å². The van der Waals surface area contributed by atoms with Gasteiger partial charge in [0, 0.05) is 51.2 Å². The zero-order chi connectivity index (χ0) is 13.0. The summed E-state index contributed by atoms with van der Waals surface area (Å²) in [7, 11) is 1.73. The molecule has 1 aromatic heterocycles. The molecule has 0 aliphatic carbocycles. The van der Waals surface area contributed by atoms with Gasteiger partial charge in [-0.1, -0.05) is 13.8 Å². The summed E-state index contributed by atoms with van der Waals surface area (Å²) in [6, 6.07) is 0. The van der Waals surface area contributed by atoms with Crippen molar-refractivity contribution >= 4 is 16.7 Å². The van der Waals surface area contributed by atoms with Gasteiger partial charge in [-0.3, -0.25) is 0 Å². The standard InChI is InChI=1S/C12H21N3O2S/c1-9(2)8-13-11-14-10(15-18-11)12(16-3)4-6-17-7-5-12/h9H,4-8H2,1-3H3,(H,13,14,15). The molecule has 0 amide bonds. The summed E-state index contributed by atoms with van der Waals surface area (Å²) >= 11 is 1.41. The van der Waals surface area contributed by atoms with Crippen LogP contribution >= 0.6 is 11.5 Å². The number of anilines is 1. The van der Waals surface area contributed by atoms with Crippen LogP contribution in [0.25, 0.3) is 0 Å². The number of nitrogens with zero attached hydrogens (tertiary/aromatic N) is 2. The van der Waals surface area contributed by atoms with E-state index in [2.05, 4.69) is 28.5 Å². The van der Waals surface area contributed by atoms with Crippen molar-refractivity contribution < 1.29 is 9.47 Å². The van der Waals surface area contributed by atoms with Gasteiger partial charge in [0.2, 0.25) is 5.13 Å². The number of rotatable bonds is 5. The predicted molar refractivity (Wildman–Crippen MR) is 72.0 cm³/mol. The van der Waals surface area contributed by atoms with Crippen molar-refractivity contribution in [3.8, 4) is 0 Å². The Bertz CT molecular complexity index is 375. The van der Waals surface area contributed by atoms with E-state index in [1.54, 1.807) is 7.11 Å². The summed E-state index contributed by atoms with van der Waals surface area (Å²) in [6.45, 7) is 6.68. The third-order valence-corrected chi connectivity index (χ3v) is 3.86. The molecule has 102 valence electrons. The topological polar surface area (TPSA) is 56.3 Å². The molecule has 0 radical (unpaired) electrons. The highest BCUT2D eigenvalue weighted by molar-refractivity contribution is 7.09. The van der Waals surface area contributed by atoms with E-state index < -0.39 is 0 Å². The molecular formula is C12H21N3O2S. The first kappa shape index (κ1) is 13.7. The van der Waals surface area contributed by atoms with Gasteiger partial charge in [-0.05, 0) is 5.92 Å². The van der Waals surface area contributed by atoms with Gasteiger partial charge in [-0.15, -0.1) is 0 Å². The Labute approximate surface area is 112 Å². The molecule has 1 saturated heterocycles. The second-order valence-electron chi connectivity index (χ2n) is 5.01. The lowest BCUT2D eigenvalue weighted by atomic mass is 9.93. The molecule has 1 aliphatic rings. The molecule has 1 aliphatic heterocycles. The van der Waals surface area contributed by atoms with E-state index in [-0.39, 0.29) is 5.60 Å². The van der Waals surface area contributed by atoms with Crippen LogP contribution in [0.3, 0.4) is 0 Å². The number of ether oxygens (including phenoxy) is 2. The Morgan fingerprint density at radius 3 is 2.78 bits per heavy atom. The zero-order valence-electron chi connectivity index (χ0n) is 11.2. The molecular weight excluding hydrogens is 250 g/mol. The summed E-state index contributed by atoms with van der Waals surface area (Å²) < 4.78 is 15.5. The zero-order valence-corrected chi connectivity index (χ0v) is 12.0. The Morgan fingerprint density at radius 2 is 2.17 bits per heavy atom. The Morgan fingerprint density at radius 1 is 1.44 bits per heavy atom. The highest BCUT2D eigenvalue weighted by Gasteiger charge is 2.38. The van der Waals surface area contributed by atoms with Gasteiger partial charge in [0.05, 0.1) is 0 Å². The molecule has 2 heterocycles. The molecule has 0 bridgehead atoms. The van der Waals surface area contributed by atoms with Crippen LogP contribution in [0.2, 0.25) is 0 Å². The Kier molecular flexibility index (Phi) is 4.53. The molecule has 0 saturated carbocycles. The minimum Gasteiger partial charge on any atom is -0.381 e. The normalized spacial score (nSPS) is 19.1. The maximum atomic E-state index is 5.68. The Hall–Kier alpha value is -0.720. The predicted octanol–water partition coefficient (Wildman–Crippen LogP) is 2.26. The van der Waals surface area contributed by atoms with E-state index >= 15 is 0 Å². The molecule has 5 nitrogen and oxygen atoms in total. The van der Waals surface area contributed by atoms with Crippen LogP contribution in [0.1, 0.15) is 32.5 Å². The molecule has 0 unspecified atom stereocenters. The molecule has 1 aromatic rings. The minimum atomic E-state index is -0.355. The van der Waals surface area contributed by atoms with Crippen LogP contribution in [0, 0.1) is 5.92 Å². The van der Waals surface area contributed by atoms with Crippen molar-refractivity contribution in [1.82, 2.24) is 9.36 Å². The number of hydrogen-bond donors (Lipinski definition) is 1. The van der Waals surface area contributed by atoms with Crippen molar-refractivity contribution in [1.29, 1.82) is 0 Å². The van der Waals surface area contributed by atoms with E-state index in [4.69, 9.17) is 9.47 Å². The van der Waals surface area contributed by atoms with E-state index in [1.165, 1.54) is 11.5 Å². The van der Waals surface area contributed by atoms with E-state index in [0.717, 1.165) is 30.3 Å². The van der Waals surface area contributed by atoms with Crippen molar-refractivity contribution in [2.45, 2.75) is 32.3 Å². The molecule has 18 heavy (non-hydrogen) atoms. The lowest BCUT2D eigenvalue weighted by Crippen LogP contribution is -2.36. The second-order valence-corrected chi connectivity index (χ2v) is 5.76. The molecule has 0 atom stereocenters. The van der Waals surface area contributed by atoms with Crippen LogP contribution in [0.5, 0.6) is 0 Å². The van der Waals surface area contributed by atoms with Crippen LogP contribution in [-0.4, -0.2) is 36.2 Å². The van der Waals surface area contributed by atoms with Gasteiger partial charge < -0.3 is 14.8 Å². The number of aromatic nitrogens is 2. The number of methoxy groups -OCH3 is 1. The van der Waals surface area contributed by atoms with Gasteiger partial charge >= 0.3 is 0 Å². The van der Waals surface area contributed by atoms with Gasteiger partial charge in [0.1, 0.15) is 5.60 Å². The van der Waals surface area contributed by atoms with E-state index in [1.807, 2.05) is 0 Å². The van der Waals surface area contributed by atoms with Gasteiger partial charge in [0.25, 0.3) is 0 Å². The molecule has 1 fully saturated rings. The second kappa shape index (κ2) is 5.95. The smallest absolute Gasteiger partial charge is 0.202 e. The fourth-order valence-corrected chi connectivity index (χ4v) is 2.65. The SMILES string of the molecule is COC1(c2nsc(NCC(C)C)n2)CCOCC1. The van der Waals surface area contributed by atoms with Crippen molar-refractivity contribution in [2.75, 3.05) is 32.2 Å². The minimum absolute atomic E-state index is 0.355. The number of hydrogen-bond acceptors (Lipinski definition) is 6. The molecule has 0 aromatic carbocycles. The van der Waals surface area contributed by atoms with Gasteiger partial charge in [-0.25, -0.2) is 4.98 Å². The molecule has 0 spiro atoms. The summed E-state index contributed by atoms with van der Waals surface area (Å²) in [6.07, 6.45) is 1.65. The highest BCUT2D eigenvalue weighted by atomic mass is 32.1. The monoisotopic (exact) mass is 271 g/mol. The summed E-state index contributed by atoms with van der Waals surface area (Å²) in [5.41, 5.74) is -0.355. The summed E-state index contributed by atoms with van der Waals surface area (Å²) in [5.74, 6) is 1.39. The first-order valence-corrected chi connectivity index (χ1v) is 7.14. The van der Waals surface area contributed by atoms with Crippen LogP contribution < -0.4 is 5.32 Å². The first-order valence-electron chi connectivity index (χ1n) is 6.37. The summed E-state index contributed by atoms with van der Waals surface area (Å²) in [5, 5.41) is 4.18. The van der Waals surface area contributed by atoms with Gasteiger partial charge in [-0.2, -0.15) is 4.37 Å². The lowest BCUT2D eigenvalue weighted by molar-refractivity contribution is -0.0993. The Balaban J connectivity index is 2.07. The van der Waals surface area contributed by atoms with Crippen molar-refractivity contribution in [2.24, 2.45) is 5.92 Å². The van der Waals surface area contributed by atoms with E-state index in [9.17, 15) is 0 Å². The third kappa shape index (κ3) is 2.99. The fraction of sp³-hybridized carbons (Fsp3) is 0.833. The largest absolute Gasteiger partial charge is 0.381 e. The van der Waals surface area contributed by atoms with E-state index in [0.29, 0.717) is 19.1 Å². The molecule has 6 heteroatoms. The highest BCUT2D eigenvalue weighted by Crippen LogP contribution is 2.34. The van der Waals surface area contributed by atoms with Crippen LogP contribution in [0.4, 0.5) is 5.13 Å². The van der Waals surface area contributed by atoms with Crippen LogP contribution in [-0.2, 0) is 15.1 Å². The fourth-order valence-electron chi connectivity index (χ4n) is 1.99. The third-order valence-electron chi connectivity index (χ3n) is 3.19. The molecule has 2 rings (SSSR count). The average Bonchev–Trinajstić information content (AvgIpc) is 2.86. The maximum absolute atomic E-state index is 5.68. The van der Waals surface area contributed by atoms with Gasteiger partial charge in [0.15, 0.2) is 5.82 Å². The van der Waals surface area contributed by atoms with Crippen molar-refractivity contribution in [3.05, 3.63) is 5.82 Å².